The van der Waals surface area contributed by atoms with Gasteiger partial charge in [-0.05, 0) is 19.3 Å². The summed E-state index contributed by atoms with van der Waals surface area (Å²) in [6.07, 6.45) is 0.661. The molecule has 0 aromatic rings. The first-order valence-corrected chi connectivity index (χ1v) is 4.45. The van der Waals surface area contributed by atoms with Crippen LogP contribution < -0.4 is 0 Å². The second-order valence-corrected chi connectivity index (χ2v) is 3.56. The second kappa shape index (κ2) is 4.54. The van der Waals surface area contributed by atoms with E-state index in [2.05, 4.69) is 6.07 Å². The van der Waals surface area contributed by atoms with Crippen molar-refractivity contribution in [1.82, 2.24) is 0 Å². The van der Waals surface area contributed by atoms with Crippen LogP contribution in [-0.2, 0) is 4.74 Å². The third kappa shape index (κ3) is 2.64. The van der Waals surface area contributed by atoms with Gasteiger partial charge in [-0.1, -0.05) is 0 Å². The smallest absolute Gasteiger partial charge is 0.115 e. The van der Waals surface area contributed by atoms with E-state index in [1.807, 2.05) is 0 Å². The molecule has 74 valence electrons. The maximum absolute atomic E-state index is 12.0. The van der Waals surface area contributed by atoms with Crippen LogP contribution >= 0.6 is 0 Å². The lowest BCUT2D eigenvalue weighted by Gasteiger charge is -2.31. The second-order valence-electron chi connectivity index (χ2n) is 3.56. The van der Waals surface area contributed by atoms with Gasteiger partial charge in [-0.2, -0.15) is 5.26 Å². The molecule has 1 N–H and O–H groups in total. The van der Waals surface area contributed by atoms with E-state index in [4.69, 9.17) is 15.1 Å². The summed E-state index contributed by atoms with van der Waals surface area (Å²) < 4.78 is 17.2. The summed E-state index contributed by atoms with van der Waals surface area (Å²) in [5.41, 5.74) is -0.663. The molecule has 1 aliphatic heterocycles. The highest BCUT2D eigenvalue weighted by Crippen LogP contribution is 2.32. The van der Waals surface area contributed by atoms with Gasteiger partial charge in [0, 0.05) is 6.61 Å². The van der Waals surface area contributed by atoms with Crippen LogP contribution in [0, 0.1) is 16.7 Å². The van der Waals surface area contributed by atoms with Gasteiger partial charge >= 0.3 is 0 Å². The van der Waals surface area contributed by atoms with Crippen molar-refractivity contribution in [2.75, 3.05) is 19.9 Å². The molecule has 0 aromatic carbocycles. The van der Waals surface area contributed by atoms with Gasteiger partial charge in [-0.25, -0.2) is 4.39 Å². The van der Waals surface area contributed by atoms with E-state index >= 15 is 0 Å². The van der Waals surface area contributed by atoms with Crippen LogP contribution in [0.15, 0.2) is 0 Å². The van der Waals surface area contributed by atoms with Crippen LogP contribution in [0.25, 0.3) is 0 Å². The van der Waals surface area contributed by atoms with Gasteiger partial charge in [0.05, 0.1) is 24.2 Å². The van der Waals surface area contributed by atoms with Crippen LogP contribution in [0.2, 0.25) is 0 Å². The lowest BCUT2D eigenvalue weighted by Crippen LogP contribution is -2.34. The number of nitrogens with zero attached hydrogens (tertiary/aromatic N) is 1. The fourth-order valence-corrected chi connectivity index (χ4v) is 1.65. The van der Waals surface area contributed by atoms with E-state index in [9.17, 15) is 4.39 Å². The topological polar surface area (TPSA) is 53.2 Å². The fourth-order valence-electron chi connectivity index (χ4n) is 1.65. The van der Waals surface area contributed by atoms with Crippen LogP contribution in [-0.4, -0.2) is 31.1 Å². The molecule has 1 rings (SSSR count). The van der Waals surface area contributed by atoms with Gasteiger partial charge in [-0.15, -0.1) is 0 Å². The Morgan fingerprint density at radius 2 is 2.46 bits per heavy atom. The SMILES string of the molecule is N#CC1(CC(O)CF)CCCOC1. The van der Waals surface area contributed by atoms with Crippen LogP contribution in [0.3, 0.4) is 0 Å². The predicted molar refractivity (Wildman–Crippen MR) is 44.7 cm³/mol. The number of aliphatic hydroxyl groups is 1. The van der Waals surface area contributed by atoms with E-state index in [0.717, 1.165) is 6.42 Å². The van der Waals surface area contributed by atoms with Crippen molar-refractivity contribution in [2.45, 2.75) is 25.4 Å². The van der Waals surface area contributed by atoms with Gasteiger partial charge in [0.15, 0.2) is 0 Å². The van der Waals surface area contributed by atoms with Gasteiger partial charge in [0.2, 0.25) is 0 Å². The minimum absolute atomic E-state index is 0.181. The summed E-state index contributed by atoms with van der Waals surface area (Å²) in [6, 6.07) is 2.13. The summed E-state index contributed by atoms with van der Waals surface area (Å²) in [5, 5.41) is 18.0. The van der Waals surface area contributed by atoms with E-state index in [-0.39, 0.29) is 6.42 Å². The molecule has 1 fully saturated rings. The van der Waals surface area contributed by atoms with Gasteiger partial charge in [-0.3, -0.25) is 0 Å². The summed E-state index contributed by atoms with van der Waals surface area (Å²) in [4.78, 5) is 0. The van der Waals surface area contributed by atoms with Crippen LogP contribution in [0.1, 0.15) is 19.3 Å². The quantitative estimate of drug-likeness (QED) is 0.717. The number of ether oxygens (including phenoxy) is 1. The first-order chi connectivity index (χ1) is 6.22. The van der Waals surface area contributed by atoms with E-state index < -0.39 is 18.2 Å². The largest absolute Gasteiger partial charge is 0.390 e. The number of nitriles is 1. The molecule has 0 bridgehead atoms. The predicted octanol–water partition coefficient (Wildman–Crippen LogP) is 1.03. The third-order valence-corrected chi connectivity index (χ3v) is 2.36. The lowest BCUT2D eigenvalue weighted by molar-refractivity contribution is -0.00908. The van der Waals surface area contributed by atoms with E-state index in [0.29, 0.717) is 19.6 Å². The number of halogens is 1. The standard InChI is InChI=1S/C9H14FNO2/c10-5-8(12)4-9(6-11)2-1-3-13-7-9/h8,12H,1-5,7H2. The number of rotatable bonds is 3. The normalized spacial score (nSPS) is 30.8. The zero-order valence-corrected chi connectivity index (χ0v) is 7.50. The average molecular weight is 187 g/mol. The highest BCUT2D eigenvalue weighted by Gasteiger charge is 2.35. The number of hydrogen-bond acceptors (Lipinski definition) is 3. The molecule has 0 amide bonds. The van der Waals surface area contributed by atoms with Crippen LogP contribution in [0.4, 0.5) is 4.39 Å². The van der Waals surface area contributed by atoms with Crippen molar-refractivity contribution < 1.29 is 14.2 Å². The van der Waals surface area contributed by atoms with Crippen molar-refractivity contribution >= 4 is 0 Å². The molecule has 0 aliphatic carbocycles. The Morgan fingerprint density at radius 3 is 2.92 bits per heavy atom. The Bertz CT molecular complexity index is 196. The fraction of sp³-hybridized carbons (Fsp3) is 0.889. The molecule has 1 aliphatic rings. The molecule has 0 radical (unpaired) electrons. The van der Waals surface area contributed by atoms with Gasteiger partial charge < -0.3 is 9.84 Å². The molecule has 1 saturated heterocycles. The van der Waals surface area contributed by atoms with Crippen molar-refractivity contribution in [2.24, 2.45) is 5.41 Å². The van der Waals surface area contributed by atoms with E-state index in [1.54, 1.807) is 0 Å². The Labute approximate surface area is 77.1 Å². The highest BCUT2D eigenvalue weighted by atomic mass is 19.1. The molecular formula is C9H14FNO2. The van der Waals surface area contributed by atoms with Crippen LogP contribution in [0.5, 0.6) is 0 Å². The maximum Gasteiger partial charge on any atom is 0.115 e. The molecule has 0 spiro atoms. The molecular weight excluding hydrogens is 173 g/mol. The van der Waals surface area contributed by atoms with E-state index in [1.165, 1.54) is 0 Å². The molecule has 13 heavy (non-hydrogen) atoms. The summed E-state index contributed by atoms with van der Waals surface area (Å²) >= 11 is 0. The zero-order chi connectivity index (χ0) is 9.73. The number of aliphatic hydroxyl groups excluding tert-OH is 1. The van der Waals surface area contributed by atoms with Crippen molar-refractivity contribution in [3.05, 3.63) is 0 Å². The lowest BCUT2D eigenvalue weighted by atomic mass is 9.79. The summed E-state index contributed by atoms with van der Waals surface area (Å²) in [7, 11) is 0. The zero-order valence-electron chi connectivity index (χ0n) is 7.50. The monoisotopic (exact) mass is 187 g/mol. The van der Waals surface area contributed by atoms with Gasteiger partial charge in [0.1, 0.15) is 6.67 Å². The number of hydrogen-bond donors (Lipinski definition) is 1. The molecule has 4 heteroatoms. The Hall–Kier alpha value is -0.660. The Morgan fingerprint density at radius 1 is 1.69 bits per heavy atom. The molecule has 3 nitrogen and oxygen atoms in total. The summed E-state index contributed by atoms with van der Waals surface area (Å²) in [6.45, 7) is 0.194. The van der Waals surface area contributed by atoms with Crippen molar-refractivity contribution in [3.8, 4) is 6.07 Å². The molecule has 2 unspecified atom stereocenters. The minimum Gasteiger partial charge on any atom is -0.390 e. The average Bonchev–Trinajstić information content (AvgIpc) is 2.19. The maximum atomic E-state index is 12.0. The van der Waals surface area contributed by atoms with Gasteiger partial charge in [0.25, 0.3) is 0 Å². The minimum atomic E-state index is -1.03. The van der Waals surface area contributed by atoms with Crippen molar-refractivity contribution in [3.63, 3.8) is 0 Å². The molecule has 0 aromatic heterocycles. The first-order valence-electron chi connectivity index (χ1n) is 4.45. The third-order valence-electron chi connectivity index (χ3n) is 2.36. The highest BCUT2D eigenvalue weighted by molar-refractivity contribution is 5.01. The number of alkyl halides is 1. The molecule has 1 heterocycles. The Kier molecular flexibility index (Phi) is 3.64. The first kappa shape index (κ1) is 10.4. The Balaban J connectivity index is 2.53. The molecule has 2 atom stereocenters. The van der Waals surface area contributed by atoms with Crippen molar-refractivity contribution in [1.29, 1.82) is 5.26 Å². The summed E-state index contributed by atoms with van der Waals surface area (Å²) in [5.74, 6) is 0. The molecule has 0 saturated carbocycles.